The molecular formula is C10H18N2O5. The number of aliphatic carboxylic acids is 1. The number of hydrogen-bond acceptors (Lipinski definition) is 5. The van der Waals surface area contributed by atoms with Crippen molar-refractivity contribution in [3.8, 4) is 0 Å². The molecule has 3 atom stereocenters. The van der Waals surface area contributed by atoms with Gasteiger partial charge in [-0.2, -0.15) is 0 Å². The van der Waals surface area contributed by atoms with Crippen molar-refractivity contribution in [2.75, 3.05) is 26.3 Å². The van der Waals surface area contributed by atoms with Crippen LogP contribution in [0.1, 0.15) is 6.92 Å². The first-order chi connectivity index (χ1) is 8.06. The summed E-state index contributed by atoms with van der Waals surface area (Å²) >= 11 is 0. The van der Waals surface area contributed by atoms with E-state index >= 15 is 0 Å². The van der Waals surface area contributed by atoms with Gasteiger partial charge in [0.15, 0.2) is 6.10 Å². The van der Waals surface area contributed by atoms with Gasteiger partial charge in [-0.25, -0.2) is 4.79 Å². The number of rotatable bonds is 6. The summed E-state index contributed by atoms with van der Waals surface area (Å²) in [7, 11) is 0. The lowest BCUT2D eigenvalue weighted by Gasteiger charge is -2.18. The van der Waals surface area contributed by atoms with Crippen LogP contribution in [0.15, 0.2) is 0 Å². The fraction of sp³-hybridized carbons (Fsp3) is 0.800. The Morgan fingerprint density at radius 1 is 1.47 bits per heavy atom. The van der Waals surface area contributed by atoms with Crippen molar-refractivity contribution >= 4 is 11.9 Å². The molecule has 1 rings (SSSR count). The Morgan fingerprint density at radius 2 is 2.18 bits per heavy atom. The normalized spacial score (nSPS) is 25.5. The maximum atomic E-state index is 11.7. The smallest absolute Gasteiger partial charge is 0.334 e. The summed E-state index contributed by atoms with van der Waals surface area (Å²) in [4.78, 5) is 22.1. The highest BCUT2D eigenvalue weighted by molar-refractivity contribution is 5.81. The molecule has 1 saturated heterocycles. The average Bonchev–Trinajstić information content (AvgIpc) is 2.74. The van der Waals surface area contributed by atoms with Crippen LogP contribution in [0.2, 0.25) is 0 Å². The monoisotopic (exact) mass is 246 g/mol. The molecule has 1 amide bonds. The van der Waals surface area contributed by atoms with Crippen molar-refractivity contribution in [1.29, 1.82) is 0 Å². The van der Waals surface area contributed by atoms with Gasteiger partial charge in [-0.1, -0.05) is 6.92 Å². The van der Waals surface area contributed by atoms with Crippen molar-refractivity contribution in [3.63, 3.8) is 0 Å². The van der Waals surface area contributed by atoms with Crippen LogP contribution in [-0.4, -0.2) is 60.5 Å². The third kappa shape index (κ3) is 3.95. The Bertz CT molecular complexity index is 284. The SMILES string of the molecule is CCNC1COCC1C(=O)NC[C@H](O)C(=O)O. The summed E-state index contributed by atoms with van der Waals surface area (Å²) in [5.41, 5.74) is 0. The molecule has 0 bridgehead atoms. The Hall–Kier alpha value is -1.18. The van der Waals surface area contributed by atoms with Gasteiger partial charge in [0.25, 0.3) is 0 Å². The maximum Gasteiger partial charge on any atom is 0.334 e. The molecule has 17 heavy (non-hydrogen) atoms. The van der Waals surface area contributed by atoms with Crippen LogP contribution in [0.3, 0.4) is 0 Å². The van der Waals surface area contributed by atoms with Crippen molar-refractivity contribution in [1.82, 2.24) is 10.6 Å². The Labute approximate surface area is 99.1 Å². The topological polar surface area (TPSA) is 108 Å². The van der Waals surface area contributed by atoms with Crippen molar-refractivity contribution in [3.05, 3.63) is 0 Å². The summed E-state index contributed by atoms with van der Waals surface area (Å²) < 4.78 is 5.20. The third-order valence-electron chi connectivity index (χ3n) is 2.64. The minimum Gasteiger partial charge on any atom is -0.479 e. The van der Waals surface area contributed by atoms with Gasteiger partial charge >= 0.3 is 5.97 Å². The number of carboxylic acids is 1. The zero-order valence-corrected chi connectivity index (χ0v) is 9.68. The van der Waals surface area contributed by atoms with E-state index in [2.05, 4.69) is 10.6 Å². The number of aliphatic hydroxyl groups is 1. The first-order valence-electron chi connectivity index (χ1n) is 5.56. The van der Waals surface area contributed by atoms with Crippen LogP contribution in [0, 0.1) is 5.92 Å². The number of carbonyl (C=O) groups is 2. The van der Waals surface area contributed by atoms with Gasteiger partial charge in [0.05, 0.1) is 25.7 Å². The standard InChI is InChI=1S/C10H18N2O5/c1-2-11-7-5-17-4-6(7)9(14)12-3-8(13)10(15)16/h6-8,11,13H,2-5H2,1H3,(H,12,14)(H,15,16)/t6?,7?,8-/m0/s1. The van der Waals surface area contributed by atoms with Crippen molar-refractivity contribution < 1.29 is 24.5 Å². The van der Waals surface area contributed by atoms with E-state index < -0.39 is 12.1 Å². The fourth-order valence-corrected chi connectivity index (χ4v) is 1.69. The van der Waals surface area contributed by atoms with E-state index in [4.69, 9.17) is 14.9 Å². The lowest BCUT2D eigenvalue weighted by Crippen LogP contribution is -2.46. The number of carbonyl (C=O) groups excluding carboxylic acids is 1. The predicted octanol–water partition coefficient (Wildman–Crippen LogP) is -1.83. The van der Waals surface area contributed by atoms with Gasteiger partial charge in [-0.3, -0.25) is 4.79 Å². The van der Waals surface area contributed by atoms with E-state index in [0.29, 0.717) is 13.2 Å². The Morgan fingerprint density at radius 3 is 2.76 bits per heavy atom. The van der Waals surface area contributed by atoms with E-state index in [1.807, 2.05) is 6.92 Å². The molecule has 2 unspecified atom stereocenters. The molecule has 0 saturated carbocycles. The van der Waals surface area contributed by atoms with Crippen molar-refractivity contribution in [2.24, 2.45) is 5.92 Å². The Balaban J connectivity index is 2.38. The molecule has 98 valence electrons. The summed E-state index contributed by atoms with van der Waals surface area (Å²) in [6, 6.07) is -0.0537. The molecule has 0 aromatic heterocycles. The molecule has 0 radical (unpaired) electrons. The van der Waals surface area contributed by atoms with Gasteiger partial charge in [-0.05, 0) is 6.54 Å². The van der Waals surface area contributed by atoms with Crippen molar-refractivity contribution in [2.45, 2.75) is 19.1 Å². The molecule has 1 heterocycles. The van der Waals surface area contributed by atoms with Crippen LogP contribution < -0.4 is 10.6 Å². The molecule has 0 aromatic carbocycles. The first-order valence-corrected chi connectivity index (χ1v) is 5.56. The number of amides is 1. The van der Waals surface area contributed by atoms with Crippen LogP contribution in [0.5, 0.6) is 0 Å². The first kappa shape index (κ1) is 13.9. The van der Waals surface area contributed by atoms with Gasteiger partial charge in [-0.15, -0.1) is 0 Å². The second-order valence-corrected chi connectivity index (χ2v) is 3.91. The maximum absolute atomic E-state index is 11.7. The van der Waals surface area contributed by atoms with E-state index in [1.54, 1.807) is 0 Å². The largest absolute Gasteiger partial charge is 0.479 e. The number of ether oxygens (including phenoxy) is 1. The summed E-state index contributed by atoms with van der Waals surface area (Å²) in [5.74, 6) is -1.99. The summed E-state index contributed by atoms with van der Waals surface area (Å²) in [6.07, 6.45) is -1.57. The zero-order valence-electron chi connectivity index (χ0n) is 9.68. The molecule has 0 aromatic rings. The Kier molecular flexibility index (Phi) is 5.33. The number of aliphatic hydroxyl groups excluding tert-OH is 1. The minimum absolute atomic E-state index is 0.0537. The van der Waals surface area contributed by atoms with E-state index in [1.165, 1.54) is 0 Å². The molecule has 4 N–H and O–H groups in total. The van der Waals surface area contributed by atoms with Crippen LogP contribution in [-0.2, 0) is 14.3 Å². The van der Waals surface area contributed by atoms with Gasteiger partial charge in [0.1, 0.15) is 0 Å². The molecule has 0 aliphatic carbocycles. The molecule has 0 spiro atoms. The summed E-state index contributed by atoms with van der Waals surface area (Å²) in [6.45, 7) is 3.15. The van der Waals surface area contributed by atoms with E-state index in [9.17, 15) is 9.59 Å². The van der Waals surface area contributed by atoms with E-state index in [0.717, 1.165) is 6.54 Å². The number of hydrogen-bond donors (Lipinski definition) is 4. The lowest BCUT2D eigenvalue weighted by atomic mass is 10.0. The molecule has 1 fully saturated rings. The molecule has 7 heteroatoms. The van der Waals surface area contributed by atoms with Gasteiger partial charge in [0.2, 0.25) is 5.91 Å². The third-order valence-corrected chi connectivity index (χ3v) is 2.64. The van der Waals surface area contributed by atoms with Gasteiger partial charge < -0.3 is 25.6 Å². The minimum atomic E-state index is -1.57. The average molecular weight is 246 g/mol. The fourth-order valence-electron chi connectivity index (χ4n) is 1.69. The predicted molar refractivity (Wildman–Crippen MR) is 58.4 cm³/mol. The lowest BCUT2D eigenvalue weighted by molar-refractivity contribution is -0.146. The number of carboxylic acid groups (broad SMARTS) is 1. The highest BCUT2D eigenvalue weighted by atomic mass is 16.5. The summed E-state index contributed by atoms with van der Waals surface area (Å²) in [5, 5.41) is 23.0. The van der Waals surface area contributed by atoms with Crippen LogP contribution >= 0.6 is 0 Å². The quantitative estimate of drug-likeness (QED) is 0.439. The van der Waals surface area contributed by atoms with E-state index in [-0.39, 0.29) is 24.4 Å². The van der Waals surface area contributed by atoms with Crippen LogP contribution in [0.4, 0.5) is 0 Å². The molecule has 7 nitrogen and oxygen atoms in total. The van der Waals surface area contributed by atoms with Gasteiger partial charge in [0, 0.05) is 6.04 Å². The highest BCUT2D eigenvalue weighted by Gasteiger charge is 2.33. The number of likely N-dealkylation sites (N-methyl/N-ethyl adjacent to an activating group) is 1. The second kappa shape index (κ2) is 6.53. The number of nitrogens with one attached hydrogen (secondary N) is 2. The zero-order chi connectivity index (χ0) is 12.8. The second-order valence-electron chi connectivity index (χ2n) is 3.91. The highest BCUT2D eigenvalue weighted by Crippen LogP contribution is 2.13. The molecular weight excluding hydrogens is 228 g/mol. The van der Waals surface area contributed by atoms with Crippen LogP contribution in [0.25, 0.3) is 0 Å². The molecule has 1 aliphatic heterocycles. The molecule has 1 aliphatic rings.